The fourth-order valence-electron chi connectivity index (χ4n) is 2.60. The van der Waals surface area contributed by atoms with Crippen LogP contribution in [0.5, 0.6) is 0 Å². The second kappa shape index (κ2) is 6.78. The summed E-state index contributed by atoms with van der Waals surface area (Å²) in [5.74, 6) is 0.331. The summed E-state index contributed by atoms with van der Waals surface area (Å²) in [6.45, 7) is 5.77. The van der Waals surface area contributed by atoms with Crippen molar-refractivity contribution >= 4 is 11.7 Å². The Hall–Kier alpha value is -1.26. The summed E-state index contributed by atoms with van der Waals surface area (Å²) >= 11 is 0. The van der Waals surface area contributed by atoms with Gasteiger partial charge in [0, 0.05) is 6.04 Å². The molecule has 0 spiro atoms. The largest absolute Gasteiger partial charge is 0.409 e. The number of nitrogens with zero attached hydrogens (tertiary/aromatic N) is 1. The zero-order valence-corrected chi connectivity index (χ0v) is 12.3. The number of nitrogens with two attached hydrogens (primary N) is 1. The molecular weight excluding hydrogens is 242 g/mol. The predicted molar refractivity (Wildman–Crippen MR) is 76.0 cm³/mol. The molecule has 1 fully saturated rings. The first-order valence-corrected chi connectivity index (χ1v) is 7.24. The van der Waals surface area contributed by atoms with Crippen molar-refractivity contribution < 1.29 is 10.0 Å². The van der Waals surface area contributed by atoms with Crippen LogP contribution in [0.1, 0.15) is 59.3 Å². The van der Waals surface area contributed by atoms with Gasteiger partial charge >= 0.3 is 0 Å². The number of hydrogen-bond donors (Lipinski definition) is 3. The number of rotatable bonds is 4. The van der Waals surface area contributed by atoms with Crippen LogP contribution in [0.25, 0.3) is 0 Å². The van der Waals surface area contributed by atoms with Crippen LogP contribution in [0.4, 0.5) is 0 Å². The average molecular weight is 269 g/mol. The van der Waals surface area contributed by atoms with Crippen LogP contribution >= 0.6 is 0 Å². The summed E-state index contributed by atoms with van der Waals surface area (Å²) < 4.78 is 0. The zero-order chi connectivity index (χ0) is 14.5. The first kappa shape index (κ1) is 15.8. The molecule has 0 bridgehead atoms. The van der Waals surface area contributed by atoms with E-state index in [1.165, 1.54) is 12.8 Å². The molecule has 0 heterocycles. The quantitative estimate of drug-likeness (QED) is 0.240. The highest BCUT2D eigenvalue weighted by molar-refractivity contribution is 6.06. The molecule has 1 rings (SSSR count). The van der Waals surface area contributed by atoms with E-state index >= 15 is 0 Å². The van der Waals surface area contributed by atoms with Crippen molar-refractivity contribution in [3.8, 4) is 0 Å². The summed E-state index contributed by atoms with van der Waals surface area (Å²) in [6.07, 6.45) is 6.30. The SMILES string of the molecule is CCC(C)(C(=O)NC1CCCCCC1C)C(N)=NO. The topological polar surface area (TPSA) is 87.7 Å². The average Bonchev–Trinajstić information content (AvgIpc) is 2.62. The van der Waals surface area contributed by atoms with Crippen molar-refractivity contribution in [2.45, 2.75) is 65.3 Å². The van der Waals surface area contributed by atoms with Gasteiger partial charge in [-0.25, -0.2) is 0 Å². The minimum atomic E-state index is -0.930. The molecule has 0 aliphatic heterocycles. The molecule has 110 valence electrons. The van der Waals surface area contributed by atoms with E-state index in [-0.39, 0.29) is 17.8 Å². The predicted octanol–water partition coefficient (Wildman–Crippen LogP) is 2.23. The summed E-state index contributed by atoms with van der Waals surface area (Å²) in [4.78, 5) is 12.4. The van der Waals surface area contributed by atoms with E-state index in [9.17, 15) is 4.79 Å². The Balaban J connectivity index is 2.76. The van der Waals surface area contributed by atoms with Gasteiger partial charge in [0.15, 0.2) is 5.84 Å². The van der Waals surface area contributed by atoms with Gasteiger partial charge in [-0.3, -0.25) is 4.79 Å². The van der Waals surface area contributed by atoms with Crippen LogP contribution < -0.4 is 11.1 Å². The second-order valence-electron chi connectivity index (χ2n) is 5.87. The van der Waals surface area contributed by atoms with Gasteiger partial charge in [0.2, 0.25) is 5.91 Å². The van der Waals surface area contributed by atoms with E-state index in [0.717, 1.165) is 19.3 Å². The highest BCUT2D eigenvalue weighted by atomic mass is 16.4. The molecule has 5 heteroatoms. The first-order valence-electron chi connectivity index (χ1n) is 7.24. The first-order chi connectivity index (χ1) is 8.95. The molecule has 0 aromatic carbocycles. The maximum atomic E-state index is 12.4. The Morgan fingerprint density at radius 3 is 2.63 bits per heavy atom. The molecule has 1 saturated carbocycles. The monoisotopic (exact) mass is 269 g/mol. The number of carbonyl (C=O) groups is 1. The van der Waals surface area contributed by atoms with E-state index < -0.39 is 5.41 Å². The fourth-order valence-corrected chi connectivity index (χ4v) is 2.60. The van der Waals surface area contributed by atoms with E-state index in [1.807, 2.05) is 6.92 Å². The Morgan fingerprint density at radius 1 is 1.42 bits per heavy atom. The van der Waals surface area contributed by atoms with Gasteiger partial charge in [-0.05, 0) is 32.1 Å². The summed E-state index contributed by atoms with van der Waals surface area (Å²) in [6, 6.07) is 0.201. The lowest BCUT2D eigenvalue weighted by atomic mass is 9.84. The van der Waals surface area contributed by atoms with E-state index in [2.05, 4.69) is 17.4 Å². The van der Waals surface area contributed by atoms with Crippen LogP contribution in [-0.4, -0.2) is 23.0 Å². The third-order valence-corrected chi connectivity index (χ3v) is 4.56. The molecule has 19 heavy (non-hydrogen) atoms. The smallest absolute Gasteiger partial charge is 0.233 e. The van der Waals surface area contributed by atoms with Gasteiger partial charge < -0.3 is 16.3 Å². The number of amidine groups is 1. The van der Waals surface area contributed by atoms with Gasteiger partial charge in [-0.15, -0.1) is 0 Å². The Kier molecular flexibility index (Phi) is 5.63. The summed E-state index contributed by atoms with van der Waals surface area (Å²) in [7, 11) is 0. The fraction of sp³-hybridized carbons (Fsp3) is 0.857. The van der Waals surface area contributed by atoms with Crippen LogP contribution in [0, 0.1) is 11.3 Å². The van der Waals surface area contributed by atoms with Gasteiger partial charge in [-0.1, -0.05) is 38.3 Å². The standard InChI is InChI=1S/C14H27N3O2/c1-4-14(3,12(15)17-19)13(18)16-11-9-7-5-6-8-10(11)2/h10-11,19H,4-9H2,1-3H3,(H2,15,17)(H,16,18). The minimum Gasteiger partial charge on any atom is -0.409 e. The van der Waals surface area contributed by atoms with Gasteiger partial charge in [0.05, 0.1) is 0 Å². The Morgan fingerprint density at radius 2 is 2.05 bits per heavy atom. The normalized spacial score (nSPS) is 28.3. The molecule has 0 saturated heterocycles. The maximum Gasteiger partial charge on any atom is 0.233 e. The number of amides is 1. The molecule has 0 aromatic rings. The molecule has 0 radical (unpaired) electrons. The number of oxime groups is 1. The molecule has 1 aliphatic carbocycles. The van der Waals surface area contributed by atoms with Gasteiger partial charge in [-0.2, -0.15) is 0 Å². The van der Waals surface area contributed by atoms with Gasteiger partial charge in [0.1, 0.15) is 5.41 Å². The van der Waals surface area contributed by atoms with Crippen molar-refractivity contribution in [2.24, 2.45) is 22.2 Å². The lowest BCUT2D eigenvalue weighted by Crippen LogP contribution is -2.51. The highest BCUT2D eigenvalue weighted by Gasteiger charge is 2.38. The third-order valence-electron chi connectivity index (χ3n) is 4.56. The minimum absolute atomic E-state index is 0.0197. The van der Waals surface area contributed by atoms with Crippen molar-refractivity contribution in [1.29, 1.82) is 0 Å². The van der Waals surface area contributed by atoms with Crippen LogP contribution in [0.15, 0.2) is 5.16 Å². The Bertz CT molecular complexity index is 344. The number of carbonyl (C=O) groups excluding carboxylic acids is 1. The van der Waals surface area contributed by atoms with Crippen LogP contribution in [-0.2, 0) is 4.79 Å². The van der Waals surface area contributed by atoms with Crippen molar-refractivity contribution in [1.82, 2.24) is 5.32 Å². The summed E-state index contributed by atoms with van der Waals surface area (Å²) in [5, 5.41) is 15.0. The van der Waals surface area contributed by atoms with E-state index in [0.29, 0.717) is 12.3 Å². The lowest BCUT2D eigenvalue weighted by Gasteiger charge is -2.30. The Labute approximate surface area is 115 Å². The number of nitrogens with one attached hydrogen (secondary N) is 1. The molecule has 1 aliphatic rings. The highest BCUT2D eigenvalue weighted by Crippen LogP contribution is 2.26. The van der Waals surface area contributed by atoms with Crippen LogP contribution in [0.3, 0.4) is 0 Å². The number of hydrogen-bond acceptors (Lipinski definition) is 3. The van der Waals surface area contributed by atoms with Crippen molar-refractivity contribution in [3.63, 3.8) is 0 Å². The molecule has 3 unspecified atom stereocenters. The molecular formula is C14H27N3O2. The van der Waals surface area contributed by atoms with E-state index in [4.69, 9.17) is 10.9 Å². The maximum absolute atomic E-state index is 12.4. The summed E-state index contributed by atoms with van der Waals surface area (Å²) in [5.41, 5.74) is 4.74. The lowest BCUT2D eigenvalue weighted by molar-refractivity contribution is -0.128. The van der Waals surface area contributed by atoms with Crippen molar-refractivity contribution in [3.05, 3.63) is 0 Å². The third kappa shape index (κ3) is 3.61. The molecule has 1 amide bonds. The van der Waals surface area contributed by atoms with Gasteiger partial charge in [0.25, 0.3) is 0 Å². The molecule has 0 aromatic heterocycles. The molecule has 4 N–H and O–H groups in total. The molecule has 5 nitrogen and oxygen atoms in total. The zero-order valence-electron chi connectivity index (χ0n) is 12.3. The van der Waals surface area contributed by atoms with Crippen LogP contribution in [0.2, 0.25) is 0 Å². The molecule has 3 atom stereocenters. The van der Waals surface area contributed by atoms with Crippen molar-refractivity contribution in [2.75, 3.05) is 0 Å². The van der Waals surface area contributed by atoms with E-state index in [1.54, 1.807) is 6.92 Å². The second-order valence-corrected chi connectivity index (χ2v) is 5.87.